The van der Waals surface area contributed by atoms with Gasteiger partial charge in [-0.15, -0.1) is 0 Å². The molecule has 0 atom stereocenters. The van der Waals surface area contributed by atoms with Gasteiger partial charge in [0, 0.05) is 0 Å². The molecular weight excluding hydrogens is 452 g/mol. The van der Waals surface area contributed by atoms with Gasteiger partial charge >= 0.3 is 20.8 Å². The second kappa shape index (κ2) is 10.3. The summed E-state index contributed by atoms with van der Waals surface area (Å²) < 4.78 is 63.2. The van der Waals surface area contributed by atoms with Crippen molar-refractivity contribution >= 4 is 54.8 Å². The molecule has 0 saturated carbocycles. The number of nitrogens with one attached hydrogen (secondary N) is 2. The fraction of sp³-hybridized carbons (Fsp3) is 0. The summed E-state index contributed by atoms with van der Waals surface area (Å²) in [6.45, 7) is 0. The van der Waals surface area contributed by atoms with Gasteiger partial charge in [0.25, 0.3) is 0 Å². The fourth-order valence-electron chi connectivity index (χ4n) is 1.57. The summed E-state index contributed by atoms with van der Waals surface area (Å²) in [4.78, 5) is 28.7. The van der Waals surface area contributed by atoms with Crippen LogP contribution in [0.5, 0.6) is 0 Å². The van der Waals surface area contributed by atoms with Gasteiger partial charge in [-0.3, -0.25) is 18.2 Å². The van der Waals surface area contributed by atoms with Crippen molar-refractivity contribution in [1.82, 2.24) is 39.9 Å². The molecule has 0 spiro atoms. The second-order valence-corrected chi connectivity index (χ2v) is 6.41. The molecule has 0 unspecified atom stereocenters. The average molecular weight is 466 g/mol. The number of aromatic amines is 2. The first-order valence-corrected chi connectivity index (χ1v) is 9.74. The zero-order chi connectivity index (χ0) is 22.9. The van der Waals surface area contributed by atoms with Gasteiger partial charge in [-0.2, -0.15) is 16.8 Å². The van der Waals surface area contributed by atoms with E-state index in [2.05, 4.69) is 39.9 Å². The molecule has 4 aromatic heterocycles. The van der Waals surface area contributed by atoms with Crippen molar-refractivity contribution in [3.63, 3.8) is 0 Å². The van der Waals surface area contributed by atoms with E-state index >= 15 is 0 Å². The lowest BCUT2D eigenvalue weighted by atomic mass is 10.5. The van der Waals surface area contributed by atoms with E-state index in [4.69, 9.17) is 46.5 Å². The molecule has 164 valence electrons. The predicted octanol–water partition coefficient (Wildman–Crippen LogP) is -1.44. The first-order valence-electron chi connectivity index (χ1n) is 6.94. The van der Waals surface area contributed by atoms with Crippen molar-refractivity contribution in [2.45, 2.75) is 0 Å². The van der Waals surface area contributed by atoms with Crippen LogP contribution in [0.2, 0.25) is 0 Å². The molecule has 0 amide bonds. The van der Waals surface area contributed by atoms with Gasteiger partial charge in [0.05, 0.1) is 12.7 Å². The predicted molar refractivity (Wildman–Crippen MR) is 101 cm³/mol. The molecule has 4 heterocycles. The number of hydrogen-bond acceptors (Lipinski definition) is 12. The van der Waals surface area contributed by atoms with Gasteiger partial charge in [0.2, 0.25) is 0 Å². The molecule has 0 aliphatic heterocycles. The number of imidazole rings is 2. The van der Waals surface area contributed by atoms with Crippen LogP contribution in [0, 0.1) is 0 Å². The summed E-state index contributed by atoms with van der Waals surface area (Å²) in [6, 6.07) is 0. The summed E-state index contributed by atoms with van der Waals surface area (Å²) in [7, 11) is -9.33. The molecule has 4 rings (SSSR count). The maximum Gasteiger partial charge on any atom is 0.394 e. The number of anilines is 2. The van der Waals surface area contributed by atoms with E-state index < -0.39 is 20.8 Å². The minimum atomic E-state index is -4.67. The Morgan fingerprint density at radius 1 is 0.633 bits per heavy atom. The average Bonchev–Trinajstić information content (AvgIpc) is 3.22. The third-order valence-corrected chi connectivity index (χ3v) is 2.50. The highest BCUT2D eigenvalue weighted by Gasteiger charge is 2.00. The number of nitrogens with zero attached hydrogens (tertiary/aromatic N) is 6. The molecule has 0 aliphatic carbocycles. The Balaban J connectivity index is 0.000000213. The maximum atomic E-state index is 8.74. The van der Waals surface area contributed by atoms with Crippen molar-refractivity contribution in [2.24, 2.45) is 0 Å². The first-order chi connectivity index (χ1) is 13.8. The maximum absolute atomic E-state index is 8.74. The molecule has 18 nitrogen and oxygen atoms in total. The lowest BCUT2D eigenvalue weighted by Crippen LogP contribution is -1.91. The van der Waals surface area contributed by atoms with Gasteiger partial charge in [-0.25, -0.2) is 29.9 Å². The Morgan fingerprint density at radius 3 is 1.20 bits per heavy atom. The number of rotatable bonds is 0. The molecule has 20 heteroatoms. The summed E-state index contributed by atoms with van der Waals surface area (Å²) in [5, 5.41) is 0. The van der Waals surface area contributed by atoms with Crippen LogP contribution in [-0.2, 0) is 20.8 Å². The van der Waals surface area contributed by atoms with E-state index in [0.29, 0.717) is 34.0 Å². The Morgan fingerprint density at radius 2 is 0.933 bits per heavy atom. The standard InChI is InChI=1S/2C5H5N5.2H2O4S/c2*6-4-3-5(9-1-7-3)10-2-8-4;2*1-5(2,3)4/h2*1-2H,(H3,6,7,8,9,10);2*(H2,1,2,3,4). The number of nitrogen functional groups attached to an aromatic ring is 2. The van der Waals surface area contributed by atoms with Crippen LogP contribution in [-0.4, -0.2) is 74.9 Å². The van der Waals surface area contributed by atoms with Crippen LogP contribution in [0.15, 0.2) is 25.3 Å². The van der Waals surface area contributed by atoms with Crippen LogP contribution in [0.3, 0.4) is 0 Å². The van der Waals surface area contributed by atoms with Crippen molar-refractivity contribution in [3.8, 4) is 0 Å². The van der Waals surface area contributed by atoms with Gasteiger partial charge < -0.3 is 21.4 Å². The summed E-state index contributed by atoms with van der Waals surface area (Å²) in [5.41, 5.74) is 13.6. The van der Waals surface area contributed by atoms with E-state index in [0.717, 1.165) is 0 Å². The van der Waals surface area contributed by atoms with E-state index in [-0.39, 0.29) is 0 Å². The quantitative estimate of drug-likeness (QED) is 0.137. The zero-order valence-electron chi connectivity index (χ0n) is 14.4. The Bertz CT molecular complexity index is 1180. The lowest BCUT2D eigenvalue weighted by Gasteiger charge is -1.89. The minimum absolute atomic E-state index is 0.433. The van der Waals surface area contributed by atoms with Crippen molar-refractivity contribution in [3.05, 3.63) is 25.3 Å². The highest BCUT2D eigenvalue weighted by Crippen LogP contribution is 2.09. The first kappa shape index (κ1) is 24.5. The second-order valence-electron chi connectivity index (χ2n) is 4.62. The SMILES string of the molecule is Nc1ncnc2nc[nH]c12.Nc1ncnc2nc[nH]c12.O=S(=O)(O)O.O=S(=O)(O)O. The van der Waals surface area contributed by atoms with Crippen molar-refractivity contribution in [2.75, 3.05) is 11.5 Å². The largest absolute Gasteiger partial charge is 0.394 e. The van der Waals surface area contributed by atoms with Crippen LogP contribution >= 0.6 is 0 Å². The minimum Gasteiger partial charge on any atom is -0.382 e. The van der Waals surface area contributed by atoms with E-state index in [1.807, 2.05) is 0 Å². The van der Waals surface area contributed by atoms with Crippen molar-refractivity contribution in [1.29, 1.82) is 0 Å². The van der Waals surface area contributed by atoms with E-state index in [1.54, 1.807) is 0 Å². The molecule has 4 aromatic rings. The fourth-order valence-corrected chi connectivity index (χ4v) is 1.57. The molecule has 0 aromatic carbocycles. The summed E-state index contributed by atoms with van der Waals surface area (Å²) >= 11 is 0. The number of fused-ring (bicyclic) bond motifs is 2. The Labute approximate surface area is 167 Å². The molecule has 0 aliphatic rings. The van der Waals surface area contributed by atoms with Crippen LogP contribution in [0.1, 0.15) is 0 Å². The Kier molecular flexibility index (Phi) is 8.39. The van der Waals surface area contributed by atoms with E-state index in [9.17, 15) is 0 Å². The number of nitrogens with two attached hydrogens (primary N) is 2. The van der Waals surface area contributed by atoms with Gasteiger partial charge in [-0.1, -0.05) is 0 Å². The zero-order valence-corrected chi connectivity index (χ0v) is 16.0. The number of hydrogen-bond donors (Lipinski definition) is 8. The molecule has 30 heavy (non-hydrogen) atoms. The Hall–Kier alpha value is -3.56. The van der Waals surface area contributed by atoms with E-state index in [1.165, 1.54) is 25.3 Å². The highest BCUT2D eigenvalue weighted by atomic mass is 32.3. The topological polar surface area (TPSA) is 310 Å². The molecular formula is C10H14N10O8S2. The van der Waals surface area contributed by atoms with Gasteiger partial charge in [0.15, 0.2) is 22.9 Å². The molecule has 10 N–H and O–H groups in total. The molecule has 0 saturated heterocycles. The van der Waals surface area contributed by atoms with Gasteiger partial charge in [-0.05, 0) is 0 Å². The van der Waals surface area contributed by atoms with Crippen LogP contribution in [0.4, 0.5) is 11.6 Å². The third-order valence-electron chi connectivity index (χ3n) is 2.50. The third kappa shape index (κ3) is 10.1. The monoisotopic (exact) mass is 466 g/mol. The van der Waals surface area contributed by atoms with Crippen LogP contribution in [0.25, 0.3) is 22.3 Å². The summed E-state index contributed by atoms with van der Waals surface area (Å²) in [6.07, 6.45) is 5.85. The lowest BCUT2D eigenvalue weighted by molar-refractivity contribution is 0.378. The number of H-pyrrole nitrogens is 2. The highest BCUT2D eigenvalue weighted by molar-refractivity contribution is 7.80. The van der Waals surface area contributed by atoms with Gasteiger partial charge in [0.1, 0.15) is 23.7 Å². The number of aromatic nitrogens is 8. The smallest absolute Gasteiger partial charge is 0.382 e. The van der Waals surface area contributed by atoms with Crippen LogP contribution < -0.4 is 11.5 Å². The molecule has 0 bridgehead atoms. The van der Waals surface area contributed by atoms with Crippen molar-refractivity contribution < 1.29 is 35.0 Å². The molecule has 0 fully saturated rings. The molecule has 0 radical (unpaired) electrons. The summed E-state index contributed by atoms with van der Waals surface area (Å²) in [5.74, 6) is 0.866. The normalized spacial score (nSPS) is 10.8.